The number of hydrogen-bond acceptors (Lipinski definition) is 5. The molecule has 0 aliphatic carbocycles. The molecule has 0 aliphatic rings. The van der Waals surface area contributed by atoms with Crippen molar-refractivity contribution in [1.82, 2.24) is 10.2 Å². The summed E-state index contributed by atoms with van der Waals surface area (Å²) in [6, 6.07) is 19.9. The lowest BCUT2D eigenvalue weighted by molar-refractivity contribution is 0.354. The van der Waals surface area contributed by atoms with Gasteiger partial charge >= 0.3 is 0 Å². The quantitative estimate of drug-likeness (QED) is 0.711. The molecule has 0 fully saturated rings. The van der Waals surface area contributed by atoms with Gasteiger partial charge in [0.15, 0.2) is 11.5 Å². The molecule has 0 saturated heterocycles. The molecule has 128 valence electrons. The van der Waals surface area contributed by atoms with Crippen LogP contribution in [0.2, 0.25) is 0 Å². The van der Waals surface area contributed by atoms with Crippen molar-refractivity contribution in [2.24, 2.45) is 0 Å². The summed E-state index contributed by atoms with van der Waals surface area (Å²) in [5.74, 6) is 2.24. The minimum Gasteiger partial charge on any atom is -0.493 e. The number of hydrogen-bond donors (Lipinski definition) is 1. The predicted molar refractivity (Wildman–Crippen MR) is 99.2 cm³/mol. The van der Waals surface area contributed by atoms with Crippen LogP contribution in [0.3, 0.4) is 0 Å². The lowest BCUT2D eigenvalue weighted by atomic mass is 10.1. The Labute approximate surface area is 147 Å². The Morgan fingerprint density at radius 3 is 2.32 bits per heavy atom. The molecule has 3 aromatic rings. The summed E-state index contributed by atoms with van der Waals surface area (Å²) in [5.41, 5.74) is 3.09. The summed E-state index contributed by atoms with van der Waals surface area (Å²) in [6.45, 7) is 0.759. The highest BCUT2D eigenvalue weighted by atomic mass is 16.5. The van der Waals surface area contributed by atoms with E-state index in [4.69, 9.17) is 9.47 Å². The maximum absolute atomic E-state index is 5.33. The van der Waals surface area contributed by atoms with Gasteiger partial charge in [-0.05, 0) is 36.2 Å². The van der Waals surface area contributed by atoms with E-state index < -0.39 is 0 Å². The van der Waals surface area contributed by atoms with Gasteiger partial charge in [-0.15, -0.1) is 10.2 Å². The highest BCUT2D eigenvalue weighted by Gasteiger charge is 2.05. The number of nitrogens with zero attached hydrogens (tertiary/aromatic N) is 2. The van der Waals surface area contributed by atoms with Crippen molar-refractivity contribution < 1.29 is 9.47 Å². The Balaban J connectivity index is 1.57. The number of anilines is 1. The average Bonchev–Trinajstić information content (AvgIpc) is 2.69. The van der Waals surface area contributed by atoms with Crippen molar-refractivity contribution in [3.63, 3.8) is 0 Å². The van der Waals surface area contributed by atoms with Gasteiger partial charge in [0.2, 0.25) is 0 Å². The zero-order chi connectivity index (χ0) is 17.5. The zero-order valence-corrected chi connectivity index (χ0v) is 14.4. The maximum atomic E-state index is 5.33. The molecule has 0 atom stereocenters. The van der Waals surface area contributed by atoms with Gasteiger partial charge in [-0.1, -0.05) is 36.4 Å². The number of aromatic nitrogens is 2. The molecule has 0 bridgehead atoms. The molecule has 1 heterocycles. The van der Waals surface area contributed by atoms with Crippen LogP contribution in [0, 0.1) is 0 Å². The number of benzene rings is 2. The lowest BCUT2D eigenvalue weighted by Crippen LogP contribution is -2.07. The molecule has 5 nitrogen and oxygen atoms in total. The highest BCUT2D eigenvalue weighted by Crippen LogP contribution is 2.27. The van der Waals surface area contributed by atoms with Crippen LogP contribution in [0.1, 0.15) is 5.56 Å². The van der Waals surface area contributed by atoms with Gasteiger partial charge in [-0.25, -0.2) is 0 Å². The Kier molecular flexibility index (Phi) is 5.46. The third kappa shape index (κ3) is 4.26. The molecule has 25 heavy (non-hydrogen) atoms. The number of methoxy groups -OCH3 is 2. The molecule has 0 saturated carbocycles. The smallest absolute Gasteiger partial charge is 0.160 e. The van der Waals surface area contributed by atoms with Crippen LogP contribution in [0.15, 0.2) is 60.7 Å². The predicted octanol–water partition coefficient (Wildman–Crippen LogP) is 3.82. The molecule has 0 unspecified atom stereocenters. The first-order chi connectivity index (χ1) is 12.3. The first-order valence-corrected chi connectivity index (χ1v) is 8.14. The van der Waals surface area contributed by atoms with Crippen LogP contribution in [-0.2, 0) is 6.42 Å². The van der Waals surface area contributed by atoms with Crippen molar-refractivity contribution in [3.05, 3.63) is 66.2 Å². The Bertz CT molecular complexity index is 805. The van der Waals surface area contributed by atoms with Crippen LogP contribution in [0.25, 0.3) is 11.3 Å². The fourth-order valence-electron chi connectivity index (χ4n) is 2.56. The summed E-state index contributed by atoms with van der Waals surface area (Å²) in [6.07, 6.45) is 0.850. The lowest BCUT2D eigenvalue weighted by Gasteiger charge is -2.10. The van der Waals surface area contributed by atoms with Gasteiger partial charge in [0.05, 0.1) is 19.9 Å². The SMILES string of the molecule is COc1ccc(CCNc2ccc(-c3ccccc3)nn2)cc1OC. The minimum atomic E-state index is 0.738. The van der Waals surface area contributed by atoms with E-state index in [2.05, 4.69) is 15.5 Å². The van der Waals surface area contributed by atoms with Crippen LogP contribution in [-0.4, -0.2) is 31.0 Å². The van der Waals surface area contributed by atoms with E-state index in [0.717, 1.165) is 41.5 Å². The van der Waals surface area contributed by atoms with E-state index in [0.29, 0.717) is 0 Å². The van der Waals surface area contributed by atoms with Gasteiger partial charge in [0.1, 0.15) is 5.82 Å². The van der Waals surface area contributed by atoms with E-state index >= 15 is 0 Å². The Hall–Kier alpha value is -3.08. The van der Waals surface area contributed by atoms with Crippen LogP contribution in [0.4, 0.5) is 5.82 Å². The second-order valence-electron chi connectivity index (χ2n) is 5.54. The molecule has 0 aliphatic heterocycles. The zero-order valence-electron chi connectivity index (χ0n) is 14.4. The van der Waals surface area contributed by atoms with E-state index in [1.807, 2.05) is 60.7 Å². The fourth-order valence-corrected chi connectivity index (χ4v) is 2.56. The van der Waals surface area contributed by atoms with Crippen LogP contribution in [0.5, 0.6) is 11.5 Å². The Morgan fingerprint density at radius 2 is 1.64 bits per heavy atom. The van der Waals surface area contributed by atoms with Crippen LogP contribution >= 0.6 is 0 Å². The monoisotopic (exact) mass is 335 g/mol. The normalized spacial score (nSPS) is 10.3. The van der Waals surface area contributed by atoms with E-state index in [1.54, 1.807) is 14.2 Å². The summed E-state index contributed by atoms with van der Waals surface area (Å²) in [7, 11) is 3.28. The number of nitrogens with one attached hydrogen (secondary N) is 1. The summed E-state index contributed by atoms with van der Waals surface area (Å²) in [4.78, 5) is 0. The molecule has 3 rings (SSSR count). The summed E-state index contributed by atoms with van der Waals surface area (Å²) in [5, 5.41) is 11.8. The van der Waals surface area contributed by atoms with Gasteiger partial charge in [0, 0.05) is 12.1 Å². The third-order valence-electron chi connectivity index (χ3n) is 3.90. The van der Waals surface area contributed by atoms with Crippen LogP contribution < -0.4 is 14.8 Å². The maximum Gasteiger partial charge on any atom is 0.160 e. The Morgan fingerprint density at radius 1 is 0.840 bits per heavy atom. The average molecular weight is 335 g/mol. The molecule has 2 aromatic carbocycles. The van der Waals surface area contributed by atoms with Crippen molar-refractivity contribution in [2.75, 3.05) is 26.1 Å². The first-order valence-electron chi connectivity index (χ1n) is 8.14. The molecule has 0 spiro atoms. The highest BCUT2D eigenvalue weighted by molar-refractivity contribution is 5.59. The van der Waals surface area contributed by atoms with Crippen molar-refractivity contribution in [1.29, 1.82) is 0 Å². The standard InChI is InChI=1S/C20H21N3O2/c1-24-18-10-8-15(14-19(18)25-2)12-13-21-20-11-9-17(22-23-20)16-6-4-3-5-7-16/h3-11,14H,12-13H2,1-2H3,(H,21,23). The van der Waals surface area contributed by atoms with Crippen molar-refractivity contribution in [3.8, 4) is 22.8 Å². The second kappa shape index (κ2) is 8.15. The molecule has 5 heteroatoms. The molecule has 0 amide bonds. The second-order valence-corrected chi connectivity index (χ2v) is 5.54. The molecular formula is C20H21N3O2. The van der Waals surface area contributed by atoms with Gasteiger partial charge in [-0.3, -0.25) is 0 Å². The van der Waals surface area contributed by atoms with Crippen molar-refractivity contribution in [2.45, 2.75) is 6.42 Å². The van der Waals surface area contributed by atoms with Gasteiger partial charge < -0.3 is 14.8 Å². The van der Waals surface area contributed by atoms with E-state index in [-0.39, 0.29) is 0 Å². The minimum absolute atomic E-state index is 0.738. The first kappa shape index (κ1) is 16.8. The fraction of sp³-hybridized carbons (Fsp3) is 0.200. The molecule has 1 N–H and O–H groups in total. The van der Waals surface area contributed by atoms with E-state index in [9.17, 15) is 0 Å². The number of ether oxygens (including phenoxy) is 2. The topological polar surface area (TPSA) is 56.3 Å². The van der Waals surface area contributed by atoms with E-state index in [1.165, 1.54) is 5.56 Å². The van der Waals surface area contributed by atoms with Crippen molar-refractivity contribution >= 4 is 5.82 Å². The largest absolute Gasteiger partial charge is 0.493 e. The molecule has 0 radical (unpaired) electrons. The third-order valence-corrected chi connectivity index (χ3v) is 3.90. The molecular weight excluding hydrogens is 314 g/mol. The summed E-state index contributed by atoms with van der Waals surface area (Å²) < 4.78 is 10.6. The number of rotatable bonds is 7. The van der Waals surface area contributed by atoms with Gasteiger partial charge in [0.25, 0.3) is 0 Å². The molecule has 1 aromatic heterocycles. The van der Waals surface area contributed by atoms with Gasteiger partial charge in [-0.2, -0.15) is 0 Å². The summed E-state index contributed by atoms with van der Waals surface area (Å²) >= 11 is 0.